The van der Waals surface area contributed by atoms with Gasteiger partial charge in [-0.1, -0.05) is 67.4 Å². The maximum Gasteiger partial charge on any atom is 0.240 e. The van der Waals surface area contributed by atoms with Crippen LogP contribution < -0.4 is 0 Å². The van der Waals surface area contributed by atoms with E-state index >= 15 is 0 Å². The molecule has 0 bridgehead atoms. The summed E-state index contributed by atoms with van der Waals surface area (Å²) in [6.45, 7) is 7.54. The number of hydrogen-bond acceptors (Lipinski definition) is 3. The molecule has 0 radical (unpaired) electrons. The number of likely N-dealkylation sites (tertiary alicyclic amines) is 1. The predicted octanol–water partition coefficient (Wildman–Crippen LogP) is 5.29. The Kier molecular flexibility index (Phi) is 10.8. The Morgan fingerprint density at radius 3 is 2.16 bits per heavy atom. The summed E-state index contributed by atoms with van der Waals surface area (Å²) in [5.74, 6) is 0.332. The van der Waals surface area contributed by atoms with Gasteiger partial charge >= 0.3 is 0 Å². The van der Waals surface area contributed by atoms with Gasteiger partial charge in [0.05, 0.1) is 12.1 Å². The Hall–Kier alpha value is -1.30. The number of piperidine rings is 1. The smallest absolute Gasteiger partial charge is 0.240 e. The van der Waals surface area contributed by atoms with Crippen molar-refractivity contribution in [2.75, 3.05) is 39.3 Å². The monoisotopic (exact) mass is 497 g/mol. The lowest BCUT2D eigenvalue weighted by molar-refractivity contribution is -0.140. The van der Waals surface area contributed by atoms with Crippen LogP contribution in [0.25, 0.3) is 0 Å². The highest BCUT2D eigenvalue weighted by Crippen LogP contribution is 2.31. The Morgan fingerprint density at radius 2 is 1.53 bits per heavy atom. The second kappa shape index (κ2) is 12.8. The highest BCUT2D eigenvalue weighted by molar-refractivity contribution is 6.30. The van der Waals surface area contributed by atoms with Crippen LogP contribution in [-0.2, 0) is 4.79 Å². The maximum absolute atomic E-state index is 13.2. The fraction of sp³-hybridized carbons (Fsp3) is 0.480. The molecular weight excluding hydrogens is 465 g/mol. The Bertz CT molecular complexity index is 826. The minimum Gasteiger partial charge on any atom is -0.339 e. The van der Waals surface area contributed by atoms with Gasteiger partial charge in [-0.25, -0.2) is 0 Å². The van der Waals surface area contributed by atoms with E-state index in [4.69, 9.17) is 11.6 Å². The first-order chi connectivity index (χ1) is 14.7. The van der Waals surface area contributed by atoms with Crippen LogP contribution in [-0.4, -0.2) is 65.9 Å². The van der Waals surface area contributed by atoms with Gasteiger partial charge in [0.1, 0.15) is 0 Å². The van der Waals surface area contributed by atoms with Crippen molar-refractivity contribution in [3.63, 3.8) is 0 Å². The quantitative estimate of drug-likeness (QED) is 0.560. The number of likely N-dealkylation sites (N-methyl/N-ethyl adjacent to an activating group) is 1. The molecule has 4 rings (SSSR count). The van der Waals surface area contributed by atoms with Crippen LogP contribution in [0.2, 0.25) is 5.02 Å². The number of nitrogens with zero attached hydrogens (tertiary/aromatic N) is 3. The van der Waals surface area contributed by atoms with Gasteiger partial charge in [-0.15, -0.1) is 24.8 Å². The maximum atomic E-state index is 13.2. The summed E-state index contributed by atoms with van der Waals surface area (Å²) < 4.78 is 0. The lowest BCUT2D eigenvalue weighted by atomic mass is 9.96. The van der Waals surface area contributed by atoms with E-state index in [0.29, 0.717) is 5.91 Å². The van der Waals surface area contributed by atoms with Crippen LogP contribution in [0.5, 0.6) is 0 Å². The highest BCUT2D eigenvalue weighted by atomic mass is 35.5. The molecule has 7 heteroatoms. The third-order valence-corrected chi connectivity index (χ3v) is 6.85. The first-order valence-corrected chi connectivity index (χ1v) is 11.6. The number of amides is 1. The Morgan fingerprint density at radius 1 is 0.906 bits per heavy atom. The van der Waals surface area contributed by atoms with Gasteiger partial charge in [-0.2, -0.15) is 0 Å². The normalized spacial score (nSPS) is 20.7. The lowest BCUT2D eigenvalue weighted by Gasteiger charge is -2.42. The van der Waals surface area contributed by atoms with Gasteiger partial charge in [0.2, 0.25) is 5.91 Å². The zero-order valence-electron chi connectivity index (χ0n) is 18.7. The molecule has 2 fully saturated rings. The van der Waals surface area contributed by atoms with Crippen LogP contribution in [0.3, 0.4) is 0 Å². The molecule has 2 heterocycles. The molecule has 32 heavy (non-hydrogen) atoms. The average Bonchev–Trinajstić information content (AvgIpc) is 2.81. The molecule has 2 unspecified atom stereocenters. The van der Waals surface area contributed by atoms with Gasteiger partial charge in [0.25, 0.3) is 0 Å². The summed E-state index contributed by atoms with van der Waals surface area (Å²) in [5.41, 5.74) is 2.53. The van der Waals surface area contributed by atoms with Crippen LogP contribution in [0.4, 0.5) is 0 Å². The average molecular weight is 499 g/mol. The van der Waals surface area contributed by atoms with Crippen LogP contribution in [0.15, 0.2) is 54.6 Å². The number of piperazine rings is 1. The van der Waals surface area contributed by atoms with Crippen molar-refractivity contribution in [1.82, 2.24) is 14.7 Å². The first-order valence-electron chi connectivity index (χ1n) is 11.2. The molecule has 0 N–H and O–H groups in total. The number of carbonyl (C=O) groups is 1. The van der Waals surface area contributed by atoms with Gasteiger partial charge in [-0.3, -0.25) is 14.6 Å². The number of benzene rings is 2. The van der Waals surface area contributed by atoms with E-state index < -0.39 is 0 Å². The minimum atomic E-state index is 0. The Balaban J connectivity index is 0.00000181. The molecule has 2 aliphatic heterocycles. The van der Waals surface area contributed by atoms with E-state index in [1.807, 2.05) is 12.1 Å². The largest absolute Gasteiger partial charge is 0.339 e. The molecule has 2 saturated heterocycles. The third kappa shape index (κ3) is 6.18. The van der Waals surface area contributed by atoms with Crippen molar-refractivity contribution >= 4 is 42.3 Å². The molecule has 176 valence electrons. The number of halogens is 3. The minimum absolute atomic E-state index is 0. The fourth-order valence-electron chi connectivity index (χ4n) is 4.95. The summed E-state index contributed by atoms with van der Waals surface area (Å²) in [6.07, 6.45) is 3.38. The molecule has 4 nitrogen and oxygen atoms in total. The van der Waals surface area contributed by atoms with E-state index in [1.54, 1.807) is 0 Å². The van der Waals surface area contributed by atoms with Crippen molar-refractivity contribution in [3.8, 4) is 0 Å². The highest BCUT2D eigenvalue weighted by Gasteiger charge is 2.34. The molecule has 2 aromatic carbocycles. The van der Waals surface area contributed by atoms with E-state index in [9.17, 15) is 4.79 Å². The van der Waals surface area contributed by atoms with Crippen LogP contribution >= 0.6 is 36.4 Å². The molecule has 0 aromatic heterocycles. The number of carbonyl (C=O) groups excluding carboxylic acids is 1. The van der Waals surface area contributed by atoms with Crippen molar-refractivity contribution < 1.29 is 4.79 Å². The summed E-state index contributed by atoms with van der Waals surface area (Å²) >= 11 is 6.14. The number of rotatable bonds is 5. The summed E-state index contributed by atoms with van der Waals surface area (Å²) in [4.78, 5) is 20.2. The zero-order valence-corrected chi connectivity index (χ0v) is 21.0. The third-order valence-electron chi connectivity index (χ3n) is 6.60. The topological polar surface area (TPSA) is 26.8 Å². The van der Waals surface area contributed by atoms with Gasteiger partial charge in [-0.05, 0) is 49.2 Å². The van der Waals surface area contributed by atoms with Crippen molar-refractivity contribution in [1.29, 1.82) is 0 Å². The molecule has 1 amide bonds. The van der Waals surface area contributed by atoms with Gasteiger partial charge < -0.3 is 4.90 Å². The van der Waals surface area contributed by atoms with Crippen LogP contribution in [0, 0.1) is 0 Å². The van der Waals surface area contributed by atoms with E-state index in [1.165, 1.54) is 24.0 Å². The van der Waals surface area contributed by atoms with Crippen molar-refractivity contribution in [2.24, 2.45) is 0 Å². The number of hydrogen-bond donors (Lipinski definition) is 0. The zero-order chi connectivity index (χ0) is 20.9. The summed E-state index contributed by atoms with van der Waals surface area (Å²) in [6, 6.07) is 19.1. The SMILES string of the molecule is CCN1CCCCC1C(=O)N1CCN(C(c2ccccc2)c2ccc(Cl)cc2)CC1.Cl.Cl. The van der Waals surface area contributed by atoms with Crippen molar-refractivity contribution in [2.45, 2.75) is 38.3 Å². The molecule has 0 saturated carbocycles. The second-order valence-corrected chi connectivity index (χ2v) is 8.80. The molecule has 0 spiro atoms. The summed E-state index contributed by atoms with van der Waals surface area (Å²) in [5, 5.41) is 0.758. The van der Waals surface area contributed by atoms with Crippen LogP contribution in [0.1, 0.15) is 43.4 Å². The van der Waals surface area contributed by atoms with Crippen molar-refractivity contribution in [3.05, 3.63) is 70.7 Å². The molecule has 2 atom stereocenters. The lowest BCUT2D eigenvalue weighted by Crippen LogP contribution is -2.56. The van der Waals surface area contributed by atoms with Gasteiger partial charge in [0, 0.05) is 31.2 Å². The summed E-state index contributed by atoms with van der Waals surface area (Å²) in [7, 11) is 0. The first kappa shape index (κ1) is 26.9. The predicted molar refractivity (Wildman–Crippen MR) is 137 cm³/mol. The van der Waals surface area contributed by atoms with E-state index in [-0.39, 0.29) is 36.9 Å². The van der Waals surface area contributed by atoms with Gasteiger partial charge in [0.15, 0.2) is 0 Å². The second-order valence-electron chi connectivity index (χ2n) is 8.37. The molecule has 2 aromatic rings. The fourth-order valence-corrected chi connectivity index (χ4v) is 5.08. The van der Waals surface area contributed by atoms with E-state index in [2.05, 4.69) is 64.1 Å². The Labute approximate surface area is 209 Å². The molecular formula is C25H34Cl3N3O. The standard InChI is InChI=1S/C25H32ClN3O.2ClH/c1-2-27-15-7-6-10-23(27)25(30)29-18-16-28(17-19-29)24(20-8-4-3-5-9-20)21-11-13-22(26)14-12-21;;/h3-5,8-9,11-14,23-24H,2,6-7,10,15-19H2,1H3;2*1H. The van der Waals surface area contributed by atoms with E-state index in [0.717, 1.165) is 50.7 Å². The molecule has 2 aliphatic rings. The molecule has 0 aliphatic carbocycles.